The molecule has 0 spiro atoms. The normalized spacial score (nSPS) is 19.2. The summed E-state index contributed by atoms with van der Waals surface area (Å²) in [6.07, 6.45) is 2.40. The molecule has 1 fully saturated rings. The Morgan fingerprint density at radius 2 is 1.89 bits per heavy atom. The number of piperidine rings is 1. The molecule has 1 saturated heterocycles. The third-order valence-electron chi connectivity index (χ3n) is 3.79. The summed E-state index contributed by atoms with van der Waals surface area (Å²) in [6, 6.07) is 7.46. The zero-order chi connectivity index (χ0) is 13.2. The van der Waals surface area contributed by atoms with Crippen molar-refractivity contribution in [2.45, 2.75) is 38.8 Å². The summed E-state index contributed by atoms with van der Waals surface area (Å²) in [5, 5.41) is 3.62. The maximum Gasteiger partial charge on any atom is 0.231 e. The molecular formula is C15H22N2O2. The molecule has 0 radical (unpaired) electrons. The van der Waals surface area contributed by atoms with Crippen molar-refractivity contribution >= 4 is 5.69 Å². The molecule has 0 saturated carbocycles. The lowest BCUT2D eigenvalue weighted by Gasteiger charge is -2.35. The molecular weight excluding hydrogens is 240 g/mol. The predicted molar refractivity (Wildman–Crippen MR) is 76.1 cm³/mol. The minimum Gasteiger partial charge on any atom is -0.454 e. The van der Waals surface area contributed by atoms with Crippen LogP contribution in [0.1, 0.15) is 26.7 Å². The molecule has 2 heterocycles. The van der Waals surface area contributed by atoms with Crippen LogP contribution >= 0.6 is 0 Å². The minimum absolute atomic E-state index is 0.346. The summed E-state index contributed by atoms with van der Waals surface area (Å²) in [5.41, 5.74) is 1.24. The van der Waals surface area contributed by atoms with E-state index in [9.17, 15) is 0 Å². The smallest absolute Gasteiger partial charge is 0.231 e. The van der Waals surface area contributed by atoms with Crippen molar-refractivity contribution in [3.05, 3.63) is 18.2 Å². The van der Waals surface area contributed by atoms with Gasteiger partial charge >= 0.3 is 0 Å². The SMILES string of the molecule is CC(C)NC1CCN(c2ccc3c(c2)OCO3)CC1. The molecule has 0 atom stereocenters. The molecule has 0 unspecified atom stereocenters. The fraction of sp³-hybridized carbons (Fsp3) is 0.600. The molecule has 0 bridgehead atoms. The van der Waals surface area contributed by atoms with Gasteiger partial charge in [0.1, 0.15) is 0 Å². The monoisotopic (exact) mass is 262 g/mol. The number of fused-ring (bicyclic) bond motifs is 1. The van der Waals surface area contributed by atoms with Gasteiger partial charge in [-0.25, -0.2) is 0 Å². The van der Waals surface area contributed by atoms with Gasteiger partial charge in [0.15, 0.2) is 11.5 Å². The highest BCUT2D eigenvalue weighted by Crippen LogP contribution is 2.36. The van der Waals surface area contributed by atoms with E-state index in [1.807, 2.05) is 6.07 Å². The van der Waals surface area contributed by atoms with Crippen LogP contribution in [0.15, 0.2) is 18.2 Å². The zero-order valence-corrected chi connectivity index (χ0v) is 11.7. The van der Waals surface area contributed by atoms with E-state index in [0.717, 1.165) is 24.6 Å². The van der Waals surface area contributed by atoms with E-state index < -0.39 is 0 Å². The Labute approximate surface area is 114 Å². The topological polar surface area (TPSA) is 33.7 Å². The van der Waals surface area contributed by atoms with Crippen LogP contribution in [0.4, 0.5) is 5.69 Å². The highest BCUT2D eigenvalue weighted by atomic mass is 16.7. The maximum absolute atomic E-state index is 5.44. The second kappa shape index (κ2) is 5.29. The summed E-state index contributed by atoms with van der Waals surface area (Å²) >= 11 is 0. The Morgan fingerprint density at radius 3 is 2.63 bits per heavy atom. The molecule has 104 valence electrons. The van der Waals surface area contributed by atoms with Gasteiger partial charge in [0.25, 0.3) is 0 Å². The van der Waals surface area contributed by atoms with Crippen molar-refractivity contribution < 1.29 is 9.47 Å². The summed E-state index contributed by atoms with van der Waals surface area (Å²) in [6.45, 7) is 6.97. The van der Waals surface area contributed by atoms with Crippen LogP contribution in [0.5, 0.6) is 11.5 Å². The van der Waals surface area contributed by atoms with Crippen LogP contribution in [0.25, 0.3) is 0 Å². The van der Waals surface area contributed by atoms with Gasteiger partial charge in [-0.1, -0.05) is 13.8 Å². The highest BCUT2D eigenvalue weighted by Gasteiger charge is 2.21. The van der Waals surface area contributed by atoms with Gasteiger partial charge in [-0.2, -0.15) is 0 Å². The van der Waals surface area contributed by atoms with Crippen LogP contribution < -0.4 is 19.7 Å². The number of benzene rings is 1. The van der Waals surface area contributed by atoms with Gasteiger partial charge in [-0.15, -0.1) is 0 Å². The quantitative estimate of drug-likeness (QED) is 0.907. The number of hydrogen-bond donors (Lipinski definition) is 1. The first kappa shape index (κ1) is 12.6. The summed E-state index contributed by atoms with van der Waals surface area (Å²) in [5.74, 6) is 1.74. The molecule has 4 nitrogen and oxygen atoms in total. The molecule has 0 aromatic heterocycles. The number of rotatable bonds is 3. The van der Waals surface area contributed by atoms with Gasteiger partial charge in [-0.3, -0.25) is 0 Å². The lowest BCUT2D eigenvalue weighted by atomic mass is 10.0. The van der Waals surface area contributed by atoms with Gasteiger partial charge in [0.2, 0.25) is 6.79 Å². The average Bonchev–Trinajstić information content (AvgIpc) is 2.86. The van der Waals surface area contributed by atoms with E-state index in [1.54, 1.807) is 0 Å². The fourth-order valence-electron chi connectivity index (χ4n) is 2.86. The fourth-order valence-corrected chi connectivity index (χ4v) is 2.86. The number of nitrogens with one attached hydrogen (secondary N) is 1. The Bertz CT molecular complexity index is 440. The largest absolute Gasteiger partial charge is 0.454 e. The van der Waals surface area contributed by atoms with Crippen LogP contribution in [0, 0.1) is 0 Å². The van der Waals surface area contributed by atoms with Gasteiger partial charge in [0, 0.05) is 36.9 Å². The second-order valence-corrected chi connectivity index (χ2v) is 5.62. The first-order valence-electron chi connectivity index (χ1n) is 7.13. The van der Waals surface area contributed by atoms with Gasteiger partial charge < -0.3 is 19.7 Å². The average molecular weight is 262 g/mol. The molecule has 19 heavy (non-hydrogen) atoms. The van der Waals surface area contributed by atoms with E-state index in [4.69, 9.17) is 9.47 Å². The Kier molecular flexibility index (Phi) is 3.51. The lowest BCUT2D eigenvalue weighted by molar-refractivity contribution is 0.174. The third-order valence-corrected chi connectivity index (χ3v) is 3.79. The summed E-state index contributed by atoms with van der Waals surface area (Å²) in [7, 11) is 0. The molecule has 2 aliphatic heterocycles. The Hall–Kier alpha value is -1.42. The Morgan fingerprint density at radius 1 is 1.16 bits per heavy atom. The van der Waals surface area contributed by atoms with E-state index in [-0.39, 0.29) is 0 Å². The van der Waals surface area contributed by atoms with Crippen LogP contribution in [-0.4, -0.2) is 32.0 Å². The summed E-state index contributed by atoms with van der Waals surface area (Å²) < 4.78 is 10.8. The molecule has 1 aromatic rings. The standard InChI is InChI=1S/C15H22N2O2/c1-11(2)16-12-5-7-17(8-6-12)13-3-4-14-15(9-13)19-10-18-14/h3-4,9,11-12,16H,5-8,10H2,1-2H3. The van der Waals surface area contributed by atoms with Crippen molar-refractivity contribution in [2.75, 3.05) is 24.8 Å². The van der Waals surface area contributed by atoms with E-state index in [2.05, 4.69) is 36.2 Å². The van der Waals surface area contributed by atoms with Crippen LogP contribution in [-0.2, 0) is 0 Å². The van der Waals surface area contributed by atoms with E-state index in [1.165, 1.54) is 18.5 Å². The third kappa shape index (κ3) is 2.78. The van der Waals surface area contributed by atoms with Gasteiger partial charge in [-0.05, 0) is 25.0 Å². The number of ether oxygens (including phenoxy) is 2. The maximum atomic E-state index is 5.44. The van der Waals surface area contributed by atoms with E-state index >= 15 is 0 Å². The first-order valence-corrected chi connectivity index (χ1v) is 7.13. The van der Waals surface area contributed by atoms with Crippen LogP contribution in [0.2, 0.25) is 0 Å². The van der Waals surface area contributed by atoms with Crippen molar-refractivity contribution in [2.24, 2.45) is 0 Å². The molecule has 0 aliphatic carbocycles. The van der Waals surface area contributed by atoms with Crippen LogP contribution in [0.3, 0.4) is 0 Å². The first-order chi connectivity index (χ1) is 9.22. The lowest BCUT2D eigenvalue weighted by Crippen LogP contribution is -2.44. The minimum atomic E-state index is 0.346. The number of hydrogen-bond acceptors (Lipinski definition) is 4. The zero-order valence-electron chi connectivity index (χ0n) is 11.7. The van der Waals surface area contributed by atoms with Crippen molar-refractivity contribution in [3.8, 4) is 11.5 Å². The van der Waals surface area contributed by atoms with Crippen molar-refractivity contribution in [1.82, 2.24) is 5.32 Å². The van der Waals surface area contributed by atoms with Crippen molar-refractivity contribution in [3.63, 3.8) is 0 Å². The molecule has 4 heteroatoms. The van der Waals surface area contributed by atoms with E-state index in [0.29, 0.717) is 18.9 Å². The molecule has 3 rings (SSSR count). The predicted octanol–water partition coefficient (Wildman–Crippen LogP) is 2.38. The van der Waals surface area contributed by atoms with Gasteiger partial charge in [0.05, 0.1) is 0 Å². The number of anilines is 1. The number of nitrogens with zero attached hydrogens (tertiary/aromatic N) is 1. The molecule has 1 N–H and O–H groups in total. The Balaban J connectivity index is 1.62. The second-order valence-electron chi connectivity index (χ2n) is 5.62. The molecule has 0 amide bonds. The van der Waals surface area contributed by atoms with Crippen molar-refractivity contribution in [1.29, 1.82) is 0 Å². The molecule has 1 aromatic carbocycles. The molecule has 2 aliphatic rings. The summed E-state index contributed by atoms with van der Waals surface area (Å²) in [4.78, 5) is 2.43. The highest BCUT2D eigenvalue weighted by molar-refractivity contribution is 5.57.